The Morgan fingerprint density at radius 2 is 2.24 bits per heavy atom. The highest BCUT2D eigenvalue weighted by atomic mass is 19.1. The first-order chi connectivity index (χ1) is 15.9. The highest BCUT2D eigenvalue weighted by Crippen LogP contribution is 2.36. The number of carbonyl (C=O) groups excluding carboxylic acids is 1. The van der Waals surface area contributed by atoms with Gasteiger partial charge in [0, 0.05) is 12.7 Å². The van der Waals surface area contributed by atoms with Gasteiger partial charge in [0.1, 0.15) is 0 Å². The summed E-state index contributed by atoms with van der Waals surface area (Å²) < 4.78 is 20.8. The van der Waals surface area contributed by atoms with Gasteiger partial charge in [0.2, 0.25) is 0 Å². The zero-order valence-corrected chi connectivity index (χ0v) is 18.9. The quantitative estimate of drug-likeness (QED) is 0.560. The lowest BCUT2D eigenvalue weighted by Crippen LogP contribution is -2.48. The molecule has 2 heterocycles. The highest BCUT2D eigenvalue weighted by Gasteiger charge is 2.39. The van der Waals surface area contributed by atoms with Crippen LogP contribution in [0.1, 0.15) is 58.9 Å². The van der Waals surface area contributed by atoms with E-state index in [1.807, 2.05) is 13.0 Å². The molecule has 7 nitrogen and oxygen atoms in total. The summed E-state index contributed by atoms with van der Waals surface area (Å²) >= 11 is 0. The third kappa shape index (κ3) is 4.61. The molecule has 8 heteroatoms. The van der Waals surface area contributed by atoms with Crippen LogP contribution >= 0.6 is 0 Å². The molecule has 1 amide bonds. The Kier molecular flexibility index (Phi) is 6.74. The SMILES string of the molecule is CCN/C=C\C(=N)c1ccc(Cc2cc3c(c(F)c2C)OCN([C@H]2CCC[C@@H]2O)C3=O)cn1. The van der Waals surface area contributed by atoms with E-state index in [1.165, 1.54) is 4.90 Å². The molecule has 3 N–H and O–H groups in total. The van der Waals surface area contributed by atoms with Gasteiger partial charge in [-0.05, 0) is 80.6 Å². The van der Waals surface area contributed by atoms with Crippen molar-refractivity contribution in [1.29, 1.82) is 5.41 Å². The number of rotatable bonds is 7. The van der Waals surface area contributed by atoms with Crippen LogP contribution < -0.4 is 10.1 Å². The van der Waals surface area contributed by atoms with E-state index < -0.39 is 11.9 Å². The minimum Gasteiger partial charge on any atom is -0.469 e. The molecule has 0 spiro atoms. The van der Waals surface area contributed by atoms with Gasteiger partial charge in [0.15, 0.2) is 18.3 Å². The van der Waals surface area contributed by atoms with Gasteiger partial charge < -0.3 is 15.2 Å². The normalized spacial score (nSPS) is 20.1. The number of nitrogens with zero attached hydrogens (tertiary/aromatic N) is 2. The van der Waals surface area contributed by atoms with Crippen LogP contribution in [0.2, 0.25) is 0 Å². The Hall–Kier alpha value is -3.26. The van der Waals surface area contributed by atoms with Gasteiger partial charge in [-0.15, -0.1) is 0 Å². The van der Waals surface area contributed by atoms with Crippen LogP contribution in [-0.2, 0) is 6.42 Å². The van der Waals surface area contributed by atoms with Crippen LogP contribution in [0.15, 0.2) is 36.7 Å². The number of amides is 1. The smallest absolute Gasteiger partial charge is 0.260 e. The van der Waals surface area contributed by atoms with Crippen LogP contribution in [0.25, 0.3) is 0 Å². The van der Waals surface area contributed by atoms with Crippen molar-refractivity contribution in [3.05, 3.63) is 70.4 Å². The lowest BCUT2D eigenvalue weighted by atomic mass is 9.96. The van der Waals surface area contributed by atoms with Crippen molar-refractivity contribution in [2.45, 2.75) is 51.7 Å². The van der Waals surface area contributed by atoms with Gasteiger partial charge in [-0.2, -0.15) is 0 Å². The molecule has 174 valence electrons. The number of benzene rings is 1. The van der Waals surface area contributed by atoms with Crippen molar-refractivity contribution in [3.8, 4) is 5.75 Å². The van der Waals surface area contributed by atoms with Gasteiger partial charge >= 0.3 is 0 Å². The number of carbonyl (C=O) groups is 1. The molecule has 1 aromatic carbocycles. The van der Waals surface area contributed by atoms with Crippen LogP contribution in [-0.4, -0.2) is 52.0 Å². The molecule has 1 fully saturated rings. The molecule has 2 aromatic rings. The van der Waals surface area contributed by atoms with Gasteiger partial charge in [0.05, 0.1) is 29.1 Å². The Labute approximate surface area is 192 Å². The Morgan fingerprint density at radius 1 is 1.42 bits per heavy atom. The van der Waals surface area contributed by atoms with Gasteiger partial charge in [-0.3, -0.25) is 20.1 Å². The lowest BCUT2D eigenvalue weighted by Gasteiger charge is -2.35. The molecule has 0 radical (unpaired) electrons. The summed E-state index contributed by atoms with van der Waals surface area (Å²) in [5.74, 6) is -0.849. The molecule has 1 aliphatic carbocycles. The predicted molar refractivity (Wildman–Crippen MR) is 123 cm³/mol. The number of aromatic nitrogens is 1. The first-order valence-corrected chi connectivity index (χ1v) is 11.3. The maximum Gasteiger partial charge on any atom is 0.260 e. The monoisotopic (exact) mass is 452 g/mol. The Balaban J connectivity index is 1.56. The molecule has 0 bridgehead atoms. The molecule has 1 saturated carbocycles. The number of nitrogens with one attached hydrogen (secondary N) is 2. The third-order valence-electron chi connectivity index (χ3n) is 6.32. The largest absolute Gasteiger partial charge is 0.469 e. The van der Waals surface area contributed by atoms with E-state index in [1.54, 1.807) is 37.5 Å². The zero-order chi connectivity index (χ0) is 23.5. The second-order valence-electron chi connectivity index (χ2n) is 8.50. The van der Waals surface area contributed by atoms with Crippen molar-refractivity contribution < 1.29 is 19.0 Å². The van der Waals surface area contributed by atoms with E-state index in [4.69, 9.17) is 10.1 Å². The first-order valence-electron chi connectivity index (χ1n) is 11.3. The minimum absolute atomic E-state index is 0.0145. The number of ether oxygens (including phenoxy) is 1. The lowest BCUT2D eigenvalue weighted by molar-refractivity contribution is 0.0115. The molecule has 4 rings (SSSR count). The second-order valence-corrected chi connectivity index (χ2v) is 8.50. The highest BCUT2D eigenvalue weighted by molar-refractivity contribution is 6.04. The third-order valence-corrected chi connectivity index (χ3v) is 6.32. The van der Waals surface area contributed by atoms with E-state index >= 15 is 4.39 Å². The van der Waals surface area contributed by atoms with E-state index in [2.05, 4.69) is 10.3 Å². The summed E-state index contributed by atoms with van der Waals surface area (Å²) in [5, 5.41) is 21.3. The number of halogens is 1. The van der Waals surface area contributed by atoms with Crippen molar-refractivity contribution in [1.82, 2.24) is 15.2 Å². The van der Waals surface area contributed by atoms with Crippen molar-refractivity contribution in [2.24, 2.45) is 0 Å². The number of fused-ring (bicyclic) bond motifs is 1. The average molecular weight is 453 g/mol. The number of allylic oxidation sites excluding steroid dienone is 1. The topological polar surface area (TPSA) is 98.5 Å². The van der Waals surface area contributed by atoms with Crippen molar-refractivity contribution in [2.75, 3.05) is 13.3 Å². The molecular weight excluding hydrogens is 423 g/mol. The summed E-state index contributed by atoms with van der Waals surface area (Å²) in [6.07, 6.45) is 7.05. The van der Waals surface area contributed by atoms with Gasteiger partial charge in [-0.25, -0.2) is 4.39 Å². The standard InChI is InChI=1S/C25H29FN4O3/c1-3-28-10-9-19(27)20-8-7-16(13-29-20)11-17-12-18-24(23(26)15(17)2)33-14-30(25(18)32)21-5-4-6-22(21)31/h7-10,12-13,21-22,27-28,31H,3-6,11,14H2,1-2H3/b10-9-,27-19?/t21-,22-/m0/s1. The molecule has 2 aliphatic rings. The van der Waals surface area contributed by atoms with E-state index in [0.29, 0.717) is 36.1 Å². The summed E-state index contributed by atoms with van der Waals surface area (Å²) in [6, 6.07) is 5.01. The molecule has 2 atom stereocenters. The molecular formula is C25H29FN4O3. The number of pyridine rings is 1. The summed E-state index contributed by atoms with van der Waals surface area (Å²) in [7, 11) is 0. The van der Waals surface area contributed by atoms with E-state index in [-0.39, 0.29) is 35.7 Å². The summed E-state index contributed by atoms with van der Waals surface area (Å²) in [4.78, 5) is 19.0. The molecule has 33 heavy (non-hydrogen) atoms. The van der Waals surface area contributed by atoms with E-state index in [9.17, 15) is 9.90 Å². The van der Waals surface area contributed by atoms with Crippen molar-refractivity contribution in [3.63, 3.8) is 0 Å². The Bertz CT molecular complexity index is 1080. The number of hydrogen-bond acceptors (Lipinski definition) is 6. The van der Waals surface area contributed by atoms with Crippen LogP contribution in [0.5, 0.6) is 5.75 Å². The van der Waals surface area contributed by atoms with E-state index in [0.717, 1.165) is 18.5 Å². The minimum atomic E-state index is -0.579. The average Bonchev–Trinajstić information content (AvgIpc) is 3.24. The maximum atomic E-state index is 15.1. The van der Waals surface area contributed by atoms with Gasteiger partial charge in [0.25, 0.3) is 5.91 Å². The number of hydrogen-bond donors (Lipinski definition) is 3. The fourth-order valence-corrected chi connectivity index (χ4v) is 4.39. The first kappa shape index (κ1) is 22.9. The second kappa shape index (κ2) is 9.70. The zero-order valence-electron chi connectivity index (χ0n) is 18.9. The van der Waals surface area contributed by atoms with Crippen LogP contribution in [0.4, 0.5) is 4.39 Å². The summed E-state index contributed by atoms with van der Waals surface area (Å²) in [5.41, 5.74) is 2.97. The fraction of sp³-hybridized carbons (Fsp3) is 0.400. The maximum absolute atomic E-state index is 15.1. The predicted octanol–water partition coefficient (Wildman–Crippen LogP) is 3.32. The molecule has 0 saturated heterocycles. The fourth-order valence-electron chi connectivity index (χ4n) is 4.39. The van der Waals surface area contributed by atoms with Crippen LogP contribution in [0.3, 0.4) is 0 Å². The van der Waals surface area contributed by atoms with Gasteiger partial charge in [-0.1, -0.05) is 6.07 Å². The molecule has 1 aliphatic heterocycles. The van der Waals surface area contributed by atoms with Crippen molar-refractivity contribution >= 4 is 11.6 Å². The molecule has 0 unspecified atom stereocenters. The summed E-state index contributed by atoms with van der Waals surface area (Å²) in [6.45, 7) is 4.37. The van der Waals surface area contributed by atoms with Crippen LogP contribution in [0, 0.1) is 18.2 Å². The Morgan fingerprint density at radius 3 is 2.91 bits per heavy atom. The number of aliphatic hydroxyl groups excluding tert-OH is 1. The number of aliphatic hydroxyl groups is 1. The molecule has 1 aromatic heterocycles.